The highest BCUT2D eigenvalue weighted by atomic mass is 79.9. The van der Waals surface area contributed by atoms with E-state index >= 15 is 0 Å². The number of halogens is 1. The van der Waals surface area contributed by atoms with Crippen LogP contribution in [0.25, 0.3) is 0 Å². The zero-order valence-electron chi connectivity index (χ0n) is 11.2. The molecule has 0 spiro atoms. The molecular formula is C13H21BrN4O. The summed E-state index contributed by atoms with van der Waals surface area (Å²) >= 11 is 3.42. The molecule has 1 aromatic rings. The summed E-state index contributed by atoms with van der Waals surface area (Å²) in [5.41, 5.74) is -0.610. The molecule has 1 aliphatic rings. The summed E-state index contributed by atoms with van der Waals surface area (Å²) in [5, 5.41) is 16.7. The van der Waals surface area contributed by atoms with E-state index in [2.05, 4.69) is 36.5 Å². The second kappa shape index (κ2) is 6.52. The van der Waals surface area contributed by atoms with Crippen LogP contribution >= 0.6 is 15.9 Å². The molecule has 1 saturated carbocycles. The predicted octanol–water partition coefficient (Wildman–Crippen LogP) is 2.78. The maximum absolute atomic E-state index is 10.6. The summed E-state index contributed by atoms with van der Waals surface area (Å²) in [6.07, 6.45) is 8.09. The standard InChI is InChI=1S/C13H21BrN4O/c1-15-12-16-8-10(14)11(18-12)17-9-13(19)6-4-2-3-5-7-13/h8,19H,2-7,9H2,1H3,(H2,15,16,17,18). The van der Waals surface area contributed by atoms with Crippen molar-refractivity contribution in [2.24, 2.45) is 0 Å². The van der Waals surface area contributed by atoms with E-state index in [9.17, 15) is 5.11 Å². The molecule has 0 amide bonds. The molecule has 0 saturated heterocycles. The van der Waals surface area contributed by atoms with Crippen molar-refractivity contribution >= 4 is 27.7 Å². The average Bonchev–Trinajstić information content (AvgIpc) is 2.63. The average molecular weight is 329 g/mol. The Morgan fingerprint density at radius 2 is 2.00 bits per heavy atom. The van der Waals surface area contributed by atoms with Crippen molar-refractivity contribution in [3.8, 4) is 0 Å². The van der Waals surface area contributed by atoms with E-state index in [0.29, 0.717) is 12.5 Å². The van der Waals surface area contributed by atoms with Crippen LogP contribution in [0.4, 0.5) is 11.8 Å². The number of nitrogens with zero attached hydrogens (tertiary/aromatic N) is 2. The molecule has 0 atom stereocenters. The Labute approximate surface area is 122 Å². The van der Waals surface area contributed by atoms with Crippen LogP contribution in [0.2, 0.25) is 0 Å². The maximum Gasteiger partial charge on any atom is 0.224 e. The summed E-state index contributed by atoms with van der Waals surface area (Å²) in [4.78, 5) is 8.45. The second-order valence-electron chi connectivity index (χ2n) is 5.13. The van der Waals surface area contributed by atoms with Crippen molar-refractivity contribution in [2.45, 2.75) is 44.1 Å². The molecular weight excluding hydrogens is 308 g/mol. The summed E-state index contributed by atoms with van der Waals surface area (Å²) in [7, 11) is 1.78. The number of anilines is 2. The van der Waals surface area contributed by atoms with Gasteiger partial charge in [0.1, 0.15) is 5.82 Å². The third kappa shape index (κ3) is 4.04. The summed E-state index contributed by atoms with van der Waals surface area (Å²) in [6, 6.07) is 0. The molecule has 19 heavy (non-hydrogen) atoms. The van der Waals surface area contributed by atoms with E-state index < -0.39 is 5.60 Å². The first kappa shape index (κ1) is 14.5. The monoisotopic (exact) mass is 328 g/mol. The summed E-state index contributed by atoms with van der Waals surface area (Å²) < 4.78 is 0.809. The van der Waals surface area contributed by atoms with E-state index in [4.69, 9.17) is 0 Å². The first-order valence-corrected chi connectivity index (χ1v) is 7.59. The molecule has 1 aromatic heterocycles. The number of nitrogens with one attached hydrogen (secondary N) is 2. The lowest BCUT2D eigenvalue weighted by molar-refractivity contribution is 0.0380. The van der Waals surface area contributed by atoms with Gasteiger partial charge in [-0.3, -0.25) is 0 Å². The third-order valence-corrected chi connectivity index (χ3v) is 4.17. The maximum atomic E-state index is 10.6. The van der Waals surface area contributed by atoms with E-state index in [-0.39, 0.29) is 0 Å². The Morgan fingerprint density at radius 1 is 1.32 bits per heavy atom. The normalized spacial score (nSPS) is 18.7. The Bertz CT molecular complexity index is 419. The predicted molar refractivity (Wildman–Crippen MR) is 80.4 cm³/mol. The smallest absolute Gasteiger partial charge is 0.224 e. The van der Waals surface area contributed by atoms with E-state index in [1.54, 1.807) is 13.2 Å². The first-order chi connectivity index (χ1) is 9.13. The second-order valence-corrected chi connectivity index (χ2v) is 5.99. The number of hydrogen-bond acceptors (Lipinski definition) is 5. The minimum absolute atomic E-state index is 0.533. The van der Waals surface area contributed by atoms with Crippen molar-refractivity contribution < 1.29 is 5.11 Å². The Morgan fingerprint density at radius 3 is 2.63 bits per heavy atom. The van der Waals surface area contributed by atoms with Gasteiger partial charge in [-0.1, -0.05) is 25.7 Å². The topological polar surface area (TPSA) is 70.1 Å². The molecule has 1 heterocycles. The van der Waals surface area contributed by atoms with Gasteiger partial charge in [0, 0.05) is 19.8 Å². The fourth-order valence-corrected chi connectivity index (χ4v) is 2.75. The molecule has 106 valence electrons. The van der Waals surface area contributed by atoms with Gasteiger partial charge < -0.3 is 15.7 Å². The van der Waals surface area contributed by atoms with Crippen molar-refractivity contribution in [2.75, 3.05) is 24.2 Å². The molecule has 1 aliphatic carbocycles. The van der Waals surface area contributed by atoms with Crippen LogP contribution in [0.3, 0.4) is 0 Å². The van der Waals surface area contributed by atoms with Gasteiger partial charge in [-0.2, -0.15) is 4.98 Å². The highest BCUT2D eigenvalue weighted by molar-refractivity contribution is 9.10. The highest BCUT2D eigenvalue weighted by Gasteiger charge is 2.28. The van der Waals surface area contributed by atoms with Crippen LogP contribution in [0.15, 0.2) is 10.7 Å². The minimum atomic E-state index is -0.610. The van der Waals surface area contributed by atoms with Crippen molar-refractivity contribution in [1.29, 1.82) is 0 Å². The van der Waals surface area contributed by atoms with Crippen LogP contribution < -0.4 is 10.6 Å². The Balaban J connectivity index is 2.00. The molecule has 0 bridgehead atoms. The van der Waals surface area contributed by atoms with Gasteiger partial charge in [0.25, 0.3) is 0 Å². The van der Waals surface area contributed by atoms with E-state index in [1.807, 2.05) is 0 Å². The molecule has 3 N–H and O–H groups in total. The summed E-state index contributed by atoms with van der Waals surface area (Å²) in [5.74, 6) is 1.29. The molecule has 6 heteroatoms. The minimum Gasteiger partial charge on any atom is -0.388 e. The third-order valence-electron chi connectivity index (χ3n) is 3.59. The van der Waals surface area contributed by atoms with Gasteiger partial charge in [-0.25, -0.2) is 4.98 Å². The van der Waals surface area contributed by atoms with Gasteiger partial charge >= 0.3 is 0 Å². The molecule has 0 aromatic carbocycles. The highest BCUT2D eigenvalue weighted by Crippen LogP contribution is 2.28. The first-order valence-electron chi connectivity index (χ1n) is 6.79. The SMILES string of the molecule is CNc1ncc(Br)c(NCC2(O)CCCCCC2)n1. The van der Waals surface area contributed by atoms with Crippen molar-refractivity contribution in [1.82, 2.24) is 9.97 Å². The Kier molecular flexibility index (Phi) is 4.99. The number of aromatic nitrogens is 2. The van der Waals surface area contributed by atoms with Crippen LogP contribution in [0, 0.1) is 0 Å². The van der Waals surface area contributed by atoms with Crippen molar-refractivity contribution in [3.05, 3.63) is 10.7 Å². The fraction of sp³-hybridized carbons (Fsp3) is 0.692. The lowest BCUT2D eigenvalue weighted by atomic mass is 9.94. The zero-order valence-corrected chi connectivity index (χ0v) is 12.8. The van der Waals surface area contributed by atoms with E-state index in [1.165, 1.54) is 12.8 Å². The molecule has 0 aliphatic heterocycles. The van der Waals surface area contributed by atoms with Gasteiger partial charge in [-0.05, 0) is 28.8 Å². The molecule has 0 unspecified atom stereocenters. The fourth-order valence-electron chi connectivity index (χ4n) is 2.42. The van der Waals surface area contributed by atoms with Crippen LogP contribution in [-0.2, 0) is 0 Å². The van der Waals surface area contributed by atoms with Crippen molar-refractivity contribution in [3.63, 3.8) is 0 Å². The lowest BCUT2D eigenvalue weighted by Gasteiger charge is -2.27. The van der Waals surface area contributed by atoms with Gasteiger partial charge in [-0.15, -0.1) is 0 Å². The Hall–Kier alpha value is -0.880. The van der Waals surface area contributed by atoms with Gasteiger partial charge in [0.05, 0.1) is 10.1 Å². The van der Waals surface area contributed by atoms with Gasteiger partial charge in [0.2, 0.25) is 5.95 Å². The lowest BCUT2D eigenvalue weighted by Crippen LogP contribution is -2.36. The zero-order chi connectivity index (χ0) is 13.7. The quantitative estimate of drug-likeness (QED) is 0.741. The summed E-state index contributed by atoms with van der Waals surface area (Å²) in [6.45, 7) is 0.533. The van der Waals surface area contributed by atoms with E-state index in [0.717, 1.165) is 36.0 Å². The molecule has 1 fully saturated rings. The van der Waals surface area contributed by atoms with Crippen LogP contribution in [0.5, 0.6) is 0 Å². The van der Waals surface area contributed by atoms with Crippen LogP contribution in [-0.4, -0.2) is 34.3 Å². The molecule has 2 rings (SSSR count). The molecule has 5 nitrogen and oxygen atoms in total. The van der Waals surface area contributed by atoms with Crippen LogP contribution in [0.1, 0.15) is 38.5 Å². The number of aliphatic hydroxyl groups is 1. The largest absolute Gasteiger partial charge is 0.388 e. The van der Waals surface area contributed by atoms with Gasteiger partial charge in [0.15, 0.2) is 0 Å². The number of hydrogen-bond donors (Lipinski definition) is 3. The number of rotatable bonds is 4. The molecule has 0 radical (unpaired) electrons.